The highest BCUT2D eigenvalue weighted by Gasteiger charge is 2.30. The molecular weight excluding hydrogens is 400 g/mol. The van der Waals surface area contributed by atoms with E-state index in [0.717, 1.165) is 30.6 Å². The molecule has 160 valence electrons. The number of carbonyl (C=O) groups is 1. The van der Waals surface area contributed by atoms with Crippen LogP contribution in [-0.4, -0.2) is 56.3 Å². The fourth-order valence-corrected chi connectivity index (χ4v) is 5.60. The molecule has 1 aliphatic heterocycles. The van der Waals surface area contributed by atoms with E-state index in [-0.39, 0.29) is 5.91 Å². The number of fused-ring (bicyclic) bond motifs is 1. The molecule has 6 nitrogen and oxygen atoms in total. The first-order valence-corrected chi connectivity index (χ1v) is 12.1. The minimum atomic E-state index is -3.51. The number of rotatable bonds is 7. The molecule has 0 saturated carbocycles. The van der Waals surface area contributed by atoms with Gasteiger partial charge in [0.1, 0.15) is 5.75 Å². The number of ether oxygens (including phenoxy) is 1. The zero-order valence-electron chi connectivity index (χ0n) is 17.1. The number of carbonyl (C=O) groups excluding carboxylic acids is 1. The summed E-state index contributed by atoms with van der Waals surface area (Å²) in [5.41, 5.74) is 2.42. The van der Waals surface area contributed by atoms with Crippen molar-refractivity contribution < 1.29 is 17.9 Å². The quantitative estimate of drug-likeness (QED) is 0.636. The van der Waals surface area contributed by atoms with Crippen LogP contribution in [0.5, 0.6) is 5.75 Å². The molecule has 0 aromatic heterocycles. The van der Waals surface area contributed by atoms with Crippen molar-refractivity contribution in [1.82, 2.24) is 9.21 Å². The van der Waals surface area contributed by atoms with Gasteiger partial charge >= 0.3 is 0 Å². The Balaban J connectivity index is 1.25. The van der Waals surface area contributed by atoms with Crippen LogP contribution >= 0.6 is 0 Å². The first kappa shape index (κ1) is 20.9. The molecule has 30 heavy (non-hydrogen) atoms. The Kier molecular flexibility index (Phi) is 6.39. The Hall–Kier alpha value is -2.38. The zero-order valence-corrected chi connectivity index (χ0v) is 17.9. The number of piperazine rings is 1. The van der Waals surface area contributed by atoms with E-state index in [4.69, 9.17) is 4.74 Å². The lowest BCUT2D eigenvalue weighted by molar-refractivity contribution is -0.132. The molecule has 2 aromatic carbocycles. The van der Waals surface area contributed by atoms with Crippen LogP contribution in [0.2, 0.25) is 0 Å². The summed E-state index contributed by atoms with van der Waals surface area (Å²) in [5, 5.41) is 0. The van der Waals surface area contributed by atoms with E-state index in [1.165, 1.54) is 9.87 Å². The summed E-state index contributed by atoms with van der Waals surface area (Å²) in [4.78, 5) is 14.6. The molecule has 1 saturated heterocycles. The number of benzene rings is 2. The summed E-state index contributed by atoms with van der Waals surface area (Å²) in [5.74, 6) is 0.858. The van der Waals surface area contributed by atoms with Gasteiger partial charge in [0.2, 0.25) is 15.9 Å². The summed E-state index contributed by atoms with van der Waals surface area (Å²) in [6.07, 6.45) is 4.13. The number of hydrogen-bond acceptors (Lipinski definition) is 4. The van der Waals surface area contributed by atoms with Gasteiger partial charge < -0.3 is 9.64 Å². The Morgan fingerprint density at radius 1 is 0.933 bits per heavy atom. The summed E-state index contributed by atoms with van der Waals surface area (Å²) in [7, 11) is -3.51. The number of aryl methyl sites for hydroxylation is 2. The van der Waals surface area contributed by atoms with Crippen molar-refractivity contribution in [3.8, 4) is 5.75 Å². The average molecular weight is 429 g/mol. The molecule has 0 N–H and O–H groups in total. The predicted octanol–water partition coefficient (Wildman–Crippen LogP) is 2.87. The number of para-hydroxylation sites is 1. The van der Waals surface area contributed by atoms with Crippen molar-refractivity contribution in [3.05, 3.63) is 59.7 Å². The van der Waals surface area contributed by atoms with Gasteiger partial charge in [0, 0.05) is 32.6 Å². The molecule has 2 aromatic rings. The van der Waals surface area contributed by atoms with Crippen molar-refractivity contribution in [2.24, 2.45) is 0 Å². The summed E-state index contributed by atoms with van der Waals surface area (Å²) < 4.78 is 33.2. The maximum atomic E-state index is 13.0. The van der Waals surface area contributed by atoms with Crippen LogP contribution in [0.4, 0.5) is 0 Å². The fraction of sp³-hybridized carbons (Fsp3) is 0.435. The molecule has 0 spiro atoms. The van der Waals surface area contributed by atoms with Gasteiger partial charge in [-0.25, -0.2) is 8.42 Å². The Morgan fingerprint density at radius 3 is 2.43 bits per heavy atom. The van der Waals surface area contributed by atoms with E-state index in [1.807, 2.05) is 42.5 Å². The van der Waals surface area contributed by atoms with Gasteiger partial charge in [0.25, 0.3) is 0 Å². The topological polar surface area (TPSA) is 66.9 Å². The maximum Gasteiger partial charge on any atom is 0.243 e. The third-order valence-electron chi connectivity index (χ3n) is 5.85. The summed E-state index contributed by atoms with van der Waals surface area (Å²) >= 11 is 0. The molecular formula is C23H28N2O4S. The lowest BCUT2D eigenvalue weighted by Crippen LogP contribution is -2.50. The number of sulfonamides is 1. The van der Waals surface area contributed by atoms with Crippen molar-refractivity contribution in [2.75, 3.05) is 32.8 Å². The van der Waals surface area contributed by atoms with Gasteiger partial charge in [-0.05, 0) is 61.1 Å². The fourth-order valence-electron chi connectivity index (χ4n) is 4.12. The second kappa shape index (κ2) is 9.18. The molecule has 1 aliphatic carbocycles. The van der Waals surface area contributed by atoms with Crippen LogP contribution in [0.3, 0.4) is 0 Å². The number of amides is 1. The van der Waals surface area contributed by atoms with Crippen molar-refractivity contribution in [3.63, 3.8) is 0 Å². The second-order valence-electron chi connectivity index (χ2n) is 7.83. The number of nitrogens with zero attached hydrogens (tertiary/aromatic N) is 2. The monoisotopic (exact) mass is 428 g/mol. The minimum absolute atomic E-state index is 0.0567. The van der Waals surface area contributed by atoms with Crippen LogP contribution in [0.1, 0.15) is 30.4 Å². The molecule has 2 aliphatic rings. The van der Waals surface area contributed by atoms with Crippen LogP contribution in [-0.2, 0) is 27.7 Å². The number of hydrogen-bond donors (Lipinski definition) is 0. The standard InChI is InChI=1S/C23H28N2O4S/c26-23(10-5-17-29-21-8-2-1-3-9-21)24-13-15-25(16-14-24)30(27,28)22-12-11-19-6-4-7-20(19)18-22/h1-3,8-9,11-12,18H,4-7,10,13-17H2. The van der Waals surface area contributed by atoms with Crippen LogP contribution in [0.15, 0.2) is 53.4 Å². The lowest BCUT2D eigenvalue weighted by Gasteiger charge is -2.34. The van der Waals surface area contributed by atoms with Gasteiger partial charge in [-0.15, -0.1) is 0 Å². The van der Waals surface area contributed by atoms with E-state index in [2.05, 4.69) is 0 Å². The van der Waals surface area contributed by atoms with Gasteiger partial charge in [-0.1, -0.05) is 24.3 Å². The molecule has 1 amide bonds. The summed E-state index contributed by atoms with van der Waals surface area (Å²) in [6, 6.07) is 15.1. The molecule has 0 atom stereocenters. The largest absolute Gasteiger partial charge is 0.494 e. The van der Waals surface area contributed by atoms with Crippen molar-refractivity contribution in [2.45, 2.75) is 37.0 Å². The van der Waals surface area contributed by atoms with E-state index in [0.29, 0.717) is 50.5 Å². The Morgan fingerprint density at radius 2 is 1.67 bits per heavy atom. The zero-order chi connectivity index (χ0) is 21.0. The normalized spacial score (nSPS) is 17.0. The summed E-state index contributed by atoms with van der Waals surface area (Å²) in [6.45, 7) is 2.03. The van der Waals surface area contributed by atoms with E-state index in [9.17, 15) is 13.2 Å². The van der Waals surface area contributed by atoms with Crippen molar-refractivity contribution in [1.29, 1.82) is 0 Å². The van der Waals surface area contributed by atoms with E-state index < -0.39 is 10.0 Å². The molecule has 0 bridgehead atoms. The average Bonchev–Trinajstić information content (AvgIpc) is 3.25. The van der Waals surface area contributed by atoms with Crippen LogP contribution in [0, 0.1) is 0 Å². The van der Waals surface area contributed by atoms with E-state index in [1.54, 1.807) is 11.0 Å². The SMILES string of the molecule is O=C(CCCOc1ccccc1)N1CCN(S(=O)(=O)c2ccc3c(c2)CCC3)CC1. The van der Waals surface area contributed by atoms with E-state index >= 15 is 0 Å². The van der Waals surface area contributed by atoms with Gasteiger partial charge in [-0.2, -0.15) is 4.31 Å². The van der Waals surface area contributed by atoms with Gasteiger partial charge in [-0.3, -0.25) is 4.79 Å². The third-order valence-corrected chi connectivity index (χ3v) is 7.74. The highest BCUT2D eigenvalue weighted by Crippen LogP contribution is 2.26. The maximum absolute atomic E-state index is 13.0. The molecule has 0 unspecified atom stereocenters. The minimum Gasteiger partial charge on any atom is -0.494 e. The predicted molar refractivity (Wildman–Crippen MR) is 115 cm³/mol. The highest BCUT2D eigenvalue weighted by molar-refractivity contribution is 7.89. The first-order valence-electron chi connectivity index (χ1n) is 10.6. The van der Waals surface area contributed by atoms with Crippen molar-refractivity contribution >= 4 is 15.9 Å². The Bertz CT molecular complexity index is 984. The molecule has 1 heterocycles. The first-order chi connectivity index (χ1) is 14.5. The van der Waals surface area contributed by atoms with Crippen LogP contribution in [0.25, 0.3) is 0 Å². The third kappa shape index (κ3) is 4.68. The van der Waals surface area contributed by atoms with Crippen LogP contribution < -0.4 is 4.74 Å². The molecule has 0 radical (unpaired) electrons. The van der Waals surface area contributed by atoms with Gasteiger partial charge in [0.15, 0.2) is 0 Å². The van der Waals surface area contributed by atoms with Gasteiger partial charge in [0.05, 0.1) is 11.5 Å². The highest BCUT2D eigenvalue weighted by atomic mass is 32.2. The lowest BCUT2D eigenvalue weighted by atomic mass is 10.1. The molecule has 4 rings (SSSR count). The smallest absolute Gasteiger partial charge is 0.243 e. The Labute approximate surface area is 178 Å². The molecule has 1 fully saturated rings. The molecule has 7 heteroatoms. The second-order valence-corrected chi connectivity index (χ2v) is 9.77.